The van der Waals surface area contributed by atoms with Crippen molar-refractivity contribution in [2.45, 2.75) is 153 Å². The number of carbonyl (C=O) groups is 10. The number of guanidine groups is 1. The third-order valence-corrected chi connectivity index (χ3v) is 16.6. The van der Waals surface area contributed by atoms with Crippen LogP contribution in [0.15, 0.2) is 96.5 Å². The molecule has 2 fully saturated rings. The molecule has 0 spiro atoms. The van der Waals surface area contributed by atoms with Crippen molar-refractivity contribution in [3.8, 4) is 5.75 Å². The number of carbonyl (C=O) groups excluding carboxylic acids is 10. The molecule has 0 radical (unpaired) electrons. The summed E-state index contributed by atoms with van der Waals surface area (Å²) in [5.74, 6) is -7.58. The number of rotatable bonds is 32. The summed E-state index contributed by atoms with van der Waals surface area (Å²) in [6, 6.07) is 8.48. The van der Waals surface area contributed by atoms with Crippen LogP contribution in [0.5, 0.6) is 5.75 Å². The monoisotopic (exact) mass is 1300 g/mol. The largest absolute Gasteiger partial charge is 0.508 e. The molecule has 10 amide bonds. The highest BCUT2D eigenvalue weighted by Gasteiger charge is 2.40. The van der Waals surface area contributed by atoms with Crippen LogP contribution >= 0.6 is 0 Å². The van der Waals surface area contributed by atoms with Gasteiger partial charge in [0.05, 0.1) is 12.9 Å². The highest BCUT2D eigenvalue weighted by molar-refractivity contribution is 6.00. The van der Waals surface area contributed by atoms with Crippen molar-refractivity contribution in [3.05, 3.63) is 120 Å². The van der Waals surface area contributed by atoms with Crippen LogP contribution in [-0.2, 0) is 73.6 Å². The predicted molar refractivity (Wildman–Crippen MR) is 347 cm³/mol. The van der Waals surface area contributed by atoms with Gasteiger partial charge in [0, 0.05) is 97.3 Å². The number of aliphatic imine (C=N–C) groups is 1. The van der Waals surface area contributed by atoms with Gasteiger partial charge in [0.25, 0.3) is 0 Å². The number of nitrogens with two attached hydrogens (primary N) is 2. The van der Waals surface area contributed by atoms with Crippen molar-refractivity contribution in [1.29, 1.82) is 0 Å². The van der Waals surface area contributed by atoms with E-state index in [0.29, 0.717) is 58.4 Å². The third-order valence-electron chi connectivity index (χ3n) is 16.6. The lowest BCUT2D eigenvalue weighted by atomic mass is 9.98. The molecule has 0 aliphatic carbocycles. The molecule has 0 saturated carbocycles. The zero-order chi connectivity index (χ0) is 67.6. The van der Waals surface area contributed by atoms with Crippen LogP contribution in [0.25, 0.3) is 21.8 Å². The van der Waals surface area contributed by atoms with Crippen molar-refractivity contribution in [1.82, 2.24) is 72.7 Å². The van der Waals surface area contributed by atoms with Crippen molar-refractivity contribution in [3.63, 3.8) is 0 Å². The van der Waals surface area contributed by atoms with Gasteiger partial charge in [0.2, 0.25) is 59.1 Å². The van der Waals surface area contributed by atoms with Crippen molar-refractivity contribution < 1.29 is 58.2 Å². The number of phenolic OH excluding ortho intramolecular Hbond substituents is 1. The number of para-hydroxylation sites is 2. The molecule has 2 unspecified atom stereocenters. The highest BCUT2D eigenvalue weighted by atomic mass is 16.3. The van der Waals surface area contributed by atoms with Crippen LogP contribution < -0.4 is 59.3 Å². The first-order chi connectivity index (χ1) is 45.1. The van der Waals surface area contributed by atoms with E-state index in [1.807, 2.05) is 44.2 Å². The first-order valence-corrected chi connectivity index (χ1v) is 31.6. The SMILES string of the molecule is CCNC(=O)[C@@H]1CCCN1C(=O)[C@H](CCCN=C(N)N)NC(=O)[C@H](CC(C)C)NC(=O)C(Cc1c(C)[nH]c2ccccc12)NC(=O)[C@H](Cc1ccc(O)cc1)NC(=O)[C@H](CO)NC(=O)[C@H](Cc1c[nH]c2ccccc12)NC(=O)[C@H](Cc1cnc[nH]1)NC(=O)C1CCC(=O)N1. The number of H-pyrrole nitrogens is 3. The van der Waals surface area contributed by atoms with Gasteiger partial charge >= 0.3 is 0 Å². The summed E-state index contributed by atoms with van der Waals surface area (Å²) < 4.78 is 0. The zero-order valence-electron chi connectivity index (χ0n) is 53.0. The van der Waals surface area contributed by atoms with Gasteiger partial charge in [-0.3, -0.25) is 52.9 Å². The summed E-state index contributed by atoms with van der Waals surface area (Å²) in [7, 11) is 0. The molecule has 3 aromatic heterocycles. The molecule has 94 heavy (non-hydrogen) atoms. The number of benzene rings is 3. The molecule has 2 aliphatic rings. The smallest absolute Gasteiger partial charge is 0.245 e. The fourth-order valence-corrected chi connectivity index (χ4v) is 11.8. The number of nitrogens with zero attached hydrogens (tertiary/aromatic N) is 3. The molecule has 5 heterocycles. The fourth-order valence-electron chi connectivity index (χ4n) is 11.8. The van der Waals surface area contributed by atoms with Crippen LogP contribution in [0.2, 0.25) is 0 Å². The van der Waals surface area contributed by atoms with E-state index in [-0.39, 0.29) is 100 Å². The third kappa shape index (κ3) is 18.7. The van der Waals surface area contributed by atoms with Crippen LogP contribution in [0.3, 0.4) is 0 Å². The van der Waals surface area contributed by atoms with E-state index < -0.39 is 108 Å². The Morgan fingerprint density at radius 3 is 1.91 bits per heavy atom. The normalized spacial score (nSPS) is 16.7. The number of phenols is 1. The van der Waals surface area contributed by atoms with E-state index in [0.717, 1.165) is 10.9 Å². The number of aryl methyl sites for hydroxylation is 1. The first-order valence-electron chi connectivity index (χ1n) is 31.6. The summed E-state index contributed by atoms with van der Waals surface area (Å²) >= 11 is 0. The number of fused-ring (bicyclic) bond motifs is 2. The zero-order valence-corrected chi connectivity index (χ0v) is 53.0. The molecule has 3 aromatic carbocycles. The van der Waals surface area contributed by atoms with Gasteiger partial charge in [0.1, 0.15) is 60.1 Å². The van der Waals surface area contributed by atoms with Crippen molar-refractivity contribution >= 4 is 86.8 Å². The maximum absolute atomic E-state index is 15.2. The summed E-state index contributed by atoms with van der Waals surface area (Å²) in [5.41, 5.74) is 15.4. The van der Waals surface area contributed by atoms with Gasteiger partial charge in [-0.1, -0.05) is 62.4 Å². The van der Waals surface area contributed by atoms with Crippen LogP contribution in [0.1, 0.15) is 93.8 Å². The molecule has 6 aromatic rings. The summed E-state index contributed by atoms with van der Waals surface area (Å²) in [4.78, 5) is 161. The minimum absolute atomic E-state index is 0.0638. The number of amides is 10. The Morgan fingerprint density at radius 2 is 1.29 bits per heavy atom. The number of aliphatic hydroxyl groups is 1. The molecular formula is C65H85N17O12. The number of likely N-dealkylation sites (tertiary alicyclic amines) is 1. The number of imidazole rings is 1. The Kier molecular flexibility index (Phi) is 24.3. The van der Waals surface area contributed by atoms with E-state index >= 15 is 9.59 Å². The predicted octanol–water partition coefficient (Wildman–Crippen LogP) is -0.452. The van der Waals surface area contributed by atoms with Crippen molar-refractivity contribution in [2.75, 3.05) is 26.2 Å². The van der Waals surface area contributed by atoms with Gasteiger partial charge in [0.15, 0.2) is 5.96 Å². The summed E-state index contributed by atoms with van der Waals surface area (Å²) in [6.45, 7) is 6.95. The Balaban J connectivity index is 1.06. The van der Waals surface area contributed by atoms with E-state index in [1.54, 1.807) is 38.2 Å². The number of aromatic nitrogens is 4. The van der Waals surface area contributed by atoms with Gasteiger partial charge in [-0.15, -0.1) is 0 Å². The van der Waals surface area contributed by atoms with E-state index in [2.05, 4.69) is 72.8 Å². The van der Waals surface area contributed by atoms with Crippen LogP contribution in [0, 0.1) is 12.8 Å². The number of hydrogen-bond donors (Lipinski definition) is 16. The molecule has 502 valence electrons. The van der Waals surface area contributed by atoms with E-state index in [1.165, 1.54) is 41.7 Å². The topological polar surface area (TPSA) is 447 Å². The Bertz CT molecular complexity index is 3690. The maximum atomic E-state index is 15.2. The number of nitrogens with one attached hydrogen (secondary N) is 12. The van der Waals surface area contributed by atoms with Gasteiger partial charge in [-0.05, 0) is 99.2 Å². The average Bonchev–Trinajstić information content (AvgIpc) is 1.66. The molecule has 2 saturated heterocycles. The number of aliphatic hydroxyl groups excluding tert-OH is 1. The summed E-state index contributed by atoms with van der Waals surface area (Å²) in [5, 5.41) is 47.2. The molecule has 0 bridgehead atoms. The molecule has 8 rings (SSSR count). The molecule has 18 N–H and O–H groups in total. The highest BCUT2D eigenvalue weighted by Crippen LogP contribution is 2.25. The Morgan fingerprint density at radius 1 is 0.691 bits per heavy atom. The number of aromatic hydroxyl groups is 1. The minimum atomic E-state index is -1.79. The summed E-state index contributed by atoms with van der Waals surface area (Å²) in [6.07, 6.45) is 5.43. The van der Waals surface area contributed by atoms with Crippen LogP contribution in [-0.4, -0.2) is 181 Å². The minimum Gasteiger partial charge on any atom is -0.508 e. The van der Waals surface area contributed by atoms with Gasteiger partial charge < -0.3 is 89.4 Å². The number of hydrogen-bond acceptors (Lipinski definition) is 14. The molecule has 9 atom stereocenters. The second kappa shape index (κ2) is 32.8. The number of likely N-dealkylation sites (N-methyl/N-ethyl adjacent to an activating group) is 1. The molecule has 29 nitrogen and oxygen atoms in total. The Labute approximate surface area is 542 Å². The lowest BCUT2D eigenvalue weighted by molar-refractivity contribution is -0.142. The molecule has 29 heteroatoms. The first kappa shape index (κ1) is 69.6. The van der Waals surface area contributed by atoms with E-state index in [9.17, 15) is 48.6 Å². The van der Waals surface area contributed by atoms with E-state index in [4.69, 9.17) is 11.5 Å². The Hall–Kier alpha value is -10.3. The fraction of sp³-hybridized carbons (Fsp3) is 0.446. The second-order valence-corrected chi connectivity index (χ2v) is 24.1. The lowest BCUT2D eigenvalue weighted by Gasteiger charge is -2.30. The molecular weight excluding hydrogens is 1210 g/mol. The maximum Gasteiger partial charge on any atom is 0.245 e. The quantitative estimate of drug-likeness (QED) is 0.0145. The second-order valence-electron chi connectivity index (χ2n) is 24.1. The number of aromatic amines is 3. The van der Waals surface area contributed by atoms with Gasteiger partial charge in [-0.2, -0.15) is 0 Å². The lowest BCUT2D eigenvalue weighted by Crippen LogP contribution is -2.61. The van der Waals surface area contributed by atoms with Crippen molar-refractivity contribution in [2.24, 2.45) is 22.4 Å². The average molecular weight is 1300 g/mol. The van der Waals surface area contributed by atoms with Gasteiger partial charge in [-0.25, -0.2) is 4.98 Å². The van der Waals surface area contributed by atoms with Crippen LogP contribution in [0.4, 0.5) is 0 Å². The molecule has 2 aliphatic heterocycles. The standard InChI is InChI=1S/C65H85N17O12/c1-5-69-63(93)54-17-11-25-82(54)64(94)47(16-10-24-70-65(66)67)75-57(87)48(26-35(2)3)76-61(91)52(30-43-36(4)73-45-15-9-7-13-42(43)45)80-58(88)49(27-37-18-20-40(84)21-19-37)77-62(92)53(33-83)81-59(89)50(28-38-31-71-44-14-8-6-12-41(38)44)78-60(90)51(29-39-32-68-34-72-39)79-56(86)46-22-23-55(85)74-46/h6-9,12-15,18-21,31-32,34-35,46-54,71,73,83-84H,5,10-11,16-17,22-30,33H2,1-4H3,(H,68,72)(H,69,93)(H,74,85)(H,75,87)(H,76,91)(H,77,92)(H,78,90)(H,79,86)(H,80,88)(H,81,89)(H4,66,67,70)/t46?,47-,48-,49-,50-,51-,52?,53-,54-/m0/s1.